The third-order valence-electron chi connectivity index (χ3n) is 3.00. The molecule has 2 aromatic rings. The number of anilines is 2. The highest BCUT2D eigenvalue weighted by molar-refractivity contribution is 5.89. The van der Waals surface area contributed by atoms with Crippen LogP contribution >= 0.6 is 0 Å². The maximum atomic E-state index is 11.9. The summed E-state index contributed by atoms with van der Waals surface area (Å²) >= 11 is 0. The Morgan fingerprint density at radius 3 is 2.57 bits per heavy atom. The Bertz CT molecular complexity index is 604. The number of aromatic nitrogens is 1. The van der Waals surface area contributed by atoms with Crippen molar-refractivity contribution >= 4 is 17.5 Å². The van der Waals surface area contributed by atoms with E-state index in [4.69, 9.17) is 4.42 Å². The zero-order valence-electron chi connectivity index (χ0n) is 12.7. The molecule has 2 aromatic heterocycles. The second-order valence-electron chi connectivity index (χ2n) is 5.07. The van der Waals surface area contributed by atoms with Gasteiger partial charge in [-0.3, -0.25) is 0 Å². The summed E-state index contributed by atoms with van der Waals surface area (Å²) in [6, 6.07) is 6.88. The molecule has 0 fully saturated rings. The Kier molecular flexibility index (Phi) is 4.47. The number of rotatable bonds is 4. The quantitative estimate of drug-likeness (QED) is 0.907. The minimum Gasteiger partial charge on any atom is -0.464 e. The van der Waals surface area contributed by atoms with Gasteiger partial charge >= 0.3 is 6.03 Å². The molecule has 0 aliphatic rings. The number of aryl methyl sites for hydroxylation is 1. The number of urea groups is 1. The van der Waals surface area contributed by atoms with Crippen LogP contribution in [-0.4, -0.2) is 25.1 Å². The molecule has 0 aromatic carbocycles. The molecule has 2 N–H and O–H groups in total. The number of hydrogen-bond acceptors (Lipinski definition) is 4. The molecule has 2 heterocycles. The summed E-state index contributed by atoms with van der Waals surface area (Å²) in [4.78, 5) is 18.1. The van der Waals surface area contributed by atoms with Crippen LogP contribution in [0.4, 0.5) is 16.3 Å². The number of carbonyl (C=O) groups is 1. The molecule has 0 bridgehead atoms. The lowest BCUT2D eigenvalue weighted by Crippen LogP contribution is -2.31. The van der Waals surface area contributed by atoms with E-state index < -0.39 is 0 Å². The molecule has 1 unspecified atom stereocenters. The largest absolute Gasteiger partial charge is 0.464 e. The highest BCUT2D eigenvalue weighted by Gasteiger charge is 2.12. The van der Waals surface area contributed by atoms with Crippen LogP contribution in [0, 0.1) is 6.92 Å². The predicted octanol–water partition coefficient (Wildman–Crippen LogP) is 2.93. The van der Waals surface area contributed by atoms with Gasteiger partial charge in [0.05, 0.1) is 17.9 Å². The lowest BCUT2D eigenvalue weighted by atomic mass is 10.2. The van der Waals surface area contributed by atoms with Crippen LogP contribution < -0.4 is 15.5 Å². The van der Waals surface area contributed by atoms with Crippen LogP contribution in [0.15, 0.2) is 34.9 Å². The maximum absolute atomic E-state index is 11.9. The normalized spacial score (nSPS) is 11.8. The van der Waals surface area contributed by atoms with E-state index in [1.807, 2.05) is 57.1 Å². The van der Waals surface area contributed by atoms with Gasteiger partial charge in [0.15, 0.2) is 0 Å². The van der Waals surface area contributed by atoms with Crippen molar-refractivity contribution in [1.82, 2.24) is 10.3 Å². The highest BCUT2D eigenvalue weighted by atomic mass is 16.3. The first-order chi connectivity index (χ1) is 9.95. The smallest absolute Gasteiger partial charge is 0.319 e. The molecule has 0 aliphatic carbocycles. The Morgan fingerprint density at radius 2 is 2.05 bits per heavy atom. The molecule has 0 saturated carbocycles. The van der Waals surface area contributed by atoms with E-state index >= 15 is 0 Å². The summed E-state index contributed by atoms with van der Waals surface area (Å²) in [7, 11) is 3.82. The number of pyridine rings is 1. The Hall–Kier alpha value is -2.50. The van der Waals surface area contributed by atoms with Crippen molar-refractivity contribution in [2.45, 2.75) is 19.9 Å². The number of hydrogen-bond donors (Lipinski definition) is 2. The standard InChI is InChI=1S/C15H20N4O2/c1-10-5-7-13(21-10)11(2)17-15(20)18-12-6-8-14(16-9-12)19(3)4/h5-9,11H,1-4H3,(H2,17,18,20). The molecule has 0 saturated heterocycles. The van der Waals surface area contributed by atoms with Gasteiger partial charge in [-0.1, -0.05) is 0 Å². The van der Waals surface area contributed by atoms with Gasteiger partial charge in [-0.2, -0.15) is 0 Å². The molecule has 2 rings (SSSR count). The molecule has 0 radical (unpaired) electrons. The third-order valence-corrected chi connectivity index (χ3v) is 3.00. The minimum absolute atomic E-state index is 0.201. The van der Waals surface area contributed by atoms with E-state index in [2.05, 4.69) is 15.6 Å². The first kappa shape index (κ1) is 14.9. The molecule has 112 valence electrons. The molecule has 0 aliphatic heterocycles. The summed E-state index contributed by atoms with van der Waals surface area (Å²) in [5.74, 6) is 2.38. The van der Waals surface area contributed by atoms with Gasteiger partial charge in [0, 0.05) is 14.1 Å². The van der Waals surface area contributed by atoms with E-state index in [1.54, 1.807) is 6.20 Å². The molecular weight excluding hydrogens is 268 g/mol. The van der Waals surface area contributed by atoms with Crippen LogP contribution in [0.5, 0.6) is 0 Å². The summed E-state index contributed by atoms with van der Waals surface area (Å²) in [5.41, 5.74) is 0.640. The van der Waals surface area contributed by atoms with Crippen molar-refractivity contribution in [3.63, 3.8) is 0 Å². The Labute approximate surface area is 124 Å². The number of amides is 2. The monoisotopic (exact) mass is 288 g/mol. The number of furan rings is 1. The van der Waals surface area contributed by atoms with Crippen LogP contribution in [0.2, 0.25) is 0 Å². The molecule has 6 nitrogen and oxygen atoms in total. The lowest BCUT2D eigenvalue weighted by molar-refractivity contribution is 0.247. The van der Waals surface area contributed by atoms with Crippen LogP contribution in [0.3, 0.4) is 0 Å². The van der Waals surface area contributed by atoms with Crippen LogP contribution in [0.25, 0.3) is 0 Å². The highest BCUT2D eigenvalue weighted by Crippen LogP contribution is 2.16. The number of nitrogens with one attached hydrogen (secondary N) is 2. The Morgan fingerprint density at radius 1 is 1.29 bits per heavy atom. The van der Waals surface area contributed by atoms with Crippen molar-refractivity contribution in [2.24, 2.45) is 0 Å². The summed E-state index contributed by atoms with van der Waals surface area (Å²) < 4.78 is 5.48. The molecule has 6 heteroatoms. The second-order valence-corrected chi connectivity index (χ2v) is 5.07. The van der Waals surface area contributed by atoms with Gasteiger partial charge in [0.1, 0.15) is 17.3 Å². The topological polar surface area (TPSA) is 70.4 Å². The van der Waals surface area contributed by atoms with Crippen molar-refractivity contribution in [1.29, 1.82) is 0 Å². The molecule has 21 heavy (non-hydrogen) atoms. The van der Waals surface area contributed by atoms with Crippen molar-refractivity contribution < 1.29 is 9.21 Å². The van der Waals surface area contributed by atoms with Gasteiger partial charge in [-0.15, -0.1) is 0 Å². The summed E-state index contributed by atoms with van der Waals surface area (Å²) in [6.07, 6.45) is 1.62. The van der Waals surface area contributed by atoms with Gasteiger partial charge < -0.3 is 20.0 Å². The fourth-order valence-corrected chi connectivity index (χ4v) is 1.85. The SMILES string of the molecule is Cc1ccc(C(C)NC(=O)Nc2ccc(N(C)C)nc2)o1. The zero-order chi connectivity index (χ0) is 15.4. The second kappa shape index (κ2) is 6.30. The molecular formula is C15H20N4O2. The van der Waals surface area contributed by atoms with Crippen molar-refractivity contribution in [3.05, 3.63) is 42.0 Å². The Balaban J connectivity index is 1.92. The summed E-state index contributed by atoms with van der Waals surface area (Å²) in [5, 5.41) is 5.56. The van der Waals surface area contributed by atoms with E-state index in [1.165, 1.54) is 0 Å². The fraction of sp³-hybridized carbons (Fsp3) is 0.333. The first-order valence-electron chi connectivity index (χ1n) is 6.73. The average Bonchev–Trinajstić information content (AvgIpc) is 2.86. The van der Waals surface area contributed by atoms with Gasteiger partial charge in [0.2, 0.25) is 0 Å². The predicted molar refractivity (Wildman–Crippen MR) is 82.6 cm³/mol. The van der Waals surface area contributed by atoms with Crippen LogP contribution in [-0.2, 0) is 0 Å². The van der Waals surface area contributed by atoms with Gasteiger partial charge in [-0.25, -0.2) is 9.78 Å². The van der Waals surface area contributed by atoms with E-state index in [0.717, 1.165) is 17.3 Å². The van der Waals surface area contributed by atoms with Gasteiger partial charge in [-0.05, 0) is 38.1 Å². The third kappa shape index (κ3) is 3.98. The molecule has 0 spiro atoms. The van der Waals surface area contributed by atoms with Crippen LogP contribution in [0.1, 0.15) is 24.5 Å². The maximum Gasteiger partial charge on any atom is 0.319 e. The molecule has 2 amide bonds. The van der Waals surface area contributed by atoms with Crippen molar-refractivity contribution in [3.8, 4) is 0 Å². The van der Waals surface area contributed by atoms with Gasteiger partial charge in [0.25, 0.3) is 0 Å². The lowest BCUT2D eigenvalue weighted by Gasteiger charge is -2.14. The first-order valence-corrected chi connectivity index (χ1v) is 6.73. The summed E-state index contributed by atoms with van der Waals surface area (Å²) in [6.45, 7) is 3.74. The molecule has 1 atom stereocenters. The number of carbonyl (C=O) groups excluding carboxylic acids is 1. The van der Waals surface area contributed by atoms with E-state index in [0.29, 0.717) is 5.69 Å². The zero-order valence-corrected chi connectivity index (χ0v) is 12.7. The minimum atomic E-state index is -0.295. The number of nitrogens with zero attached hydrogens (tertiary/aromatic N) is 2. The van der Waals surface area contributed by atoms with Crippen molar-refractivity contribution in [2.75, 3.05) is 24.3 Å². The van der Waals surface area contributed by atoms with E-state index in [-0.39, 0.29) is 12.1 Å². The fourth-order valence-electron chi connectivity index (χ4n) is 1.85. The average molecular weight is 288 g/mol. The van der Waals surface area contributed by atoms with E-state index in [9.17, 15) is 4.79 Å².